The molecule has 0 aliphatic heterocycles. The van der Waals surface area contributed by atoms with Crippen molar-refractivity contribution >= 4 is 22.7 Å². The number of fused-ring (bicyclic) bond motifs is 1. The minimum atomic E-state index is -0.861. The molecule has 104 valence electrons. The molecule has 0 spiro atoms. The van der Waals surface area contributed by atoms with Crippen LogP contribution in [-0.2, 0) is 9.59 Å². The maximum atomic E-state index is 11.0. The Hall–Kier alpha value is -2.36. The van der Waals surface area contributed by atoms with E-state index >= 15 is 0 Å². The number of carbonyl (C=O) groups is 2. The number of carboxylic acid groups (broad SMARTS) is 2. The van der Waals surface area contributed by atoms with Gasteiger partial charge in [-0.15, -0.1) is 0 Å². The van der Waals surface area contributed by atoms with Gasteiger partial charge in [0.05, 0.1) is 11.8 Å². The van der Waals surface area contributed by atoms with Gasteiger partial charge >= 0.3 is 11.9 Å². The number of carboxylic acids is 2. The highest BCUT2D eigenvalue weighted by atomic mass is 16.4. The van der Waals surface area contributed by atoms with Gasteiger partial charge < -0.3 is 10.2 Å². The van der Waals surface area contributed by atoms with Crippen molar-refractivity contribution in [3.63, 3.8) is 0 Å². The van der Waals surface area contributed by atoms with E-state index in [4.69, 9.17) is 10.2 Å². The third-order valence-electron chi connectivity index (χ3n) is 3.63. The average molecular weight is 272 g/mol. The molecule has 2 N–H and O–H groups in total. The average Bonchev–Trinajstić information content (AvgIpc) is 2.44. The fourth-order valence-electron chi connectivity index (χ4n) is 2.11. The Labute approximate surface area is 116 Å². The van der Waals surface area contributed by atoms with Crippen molar-refractivity contribution in [3.05, 3.63) is 47.5 Å². The molecule has 0 heterocycles. The summed E-state index contributed by atoms with van der Waals surface area (Å²) in [6.45, 7) is 3.29. The van der Waals surface area contributed by atoms with Crippen molar-refractivity contribution in [1.82, 2.24) is 0 Å². The number of aliphatic carboxylic acids is 2. The molecule has 20 heavy (non-hydrogen) atoms. The quantitative estimate of drug-likeness (QED) is 0.896. The van der Waals surface area contributed by atoms with Crippen molar-refractivity contribution in [3.8, 4) is 0 Å². The number of benzene rings is 2. The lowest BCUT2D eigenvalue weighted by Gasteiger charge is -2.11. The van der Waals surface area contributed by atoms with Crippen LogP contribution < -0.4 is 0 Å². The van der Waals surface area contributed by atoms with Crippen LogP contribution in [0.5, 0.6) is 0 Å². The molecule has 2 aromatic carbocycles. The predicted octanol–water partition coefficient (Wildman–Crippen LogP) is 3.22. The second-order valence-corrected chi connectivity index (χ2v) is 4.99. The minimum Gasteiger partial charge on any atom is -0.481 e. The van der Waals surface area contributed by atoms with Crippen LogP contribution in [0.1, 0.15) is 36.8 Å². The van der Waals surface area contributed by atoms with Gasteiger partial charge in [-0.05, 0) is 35.7 Å². The third kappa shape index (κ3) is 2.64. The Balaban J connectivity index is 2.44. The SMILES string of the molecule is CC(C(=O)O)c1ccc2cc(C(C)C(=O)O)ccc2c1. The van der Waals surface area contributed by atoms with Gasteiger partial charge in [0.2, 0.25) is 0 Å². The molecule has 2 rings (SSSR count). The van der Waals surface area contributed by atoms with Crippen molar-refractivity contribution < 1.29 is 19.8 Å². The Morgan fingerprint density at radius 2 is 1.15 bits per heavy atom. The second kappa shape index (κ2) is 5.33. The summed E-state index contributed by atoms with van der Waals surface area (Å²) in [6.07, 6.45) is 0. The van der Waals surface area contributed by atoms with Gasteiger partial charge in [0, 0.05) is 0 Å². The highest BCUT2D eigenvalue weighted by Gasteiger charge is 2.16. The molecular formula is C16H16O4. The summed E-state index contributed by atoms with van der Waals surface area (Å²) >= 11 is 0. The predicted molar refractivity (Wildman–Crippen MR) is 76.0 cm³/mol. The van der Waals surface area contributed by atoms with E-state index in [-0.39, 0.29) is 0 Å². The molecule has 2 atom stereocenters. The van der Waals surface area contributed by atoms with E-state index in [1.807, 2.05) is 24.3 Å². The van der Waals surface area contributed by atoms with Gasteiger partial charge in [-0.2, -0.15) is 0 Å². The van der Waals surface area contributed by atoms with Crippen LogP contribution in [0, 0.1) is 0 Å². The van der Waals surface area contributed by atoms with E-state index in [1.165, 1.54) is 0 Å². The van der Waals surface area contributed by atoms with E-state index in [1.54, 1.807) is 26.0 Å². The van der Waals surface area contributed by atoms with Crippen molar-refractivity contribution in [2.75, 3.05) is 0 Å². The molecular weight excluding hydrogens is 256 g/mol. The normalized spacial score (nSPS) is 13.9. The number of hydrogen-bond acceptors (Lipinski definition) is 2. The highest BCUT2D eigenvalue weighted by molar-refractivity contribution is 5.87. The molecule has 4 nitrogen and oxygen atoms in total. The Kier molecular flexibility index (Phi) is 3.74. The first-order valence-electron chi connectivity index (χ1n) is 6.39. The summed E-state index contributed by atoms with van der Waals surface area (Å²) in [7, 11) is 0. The zero-order valence-corrected chi connectivity index (χ0v) is 11.3. The molecule has 0 radical (unpaired) electrons. The third-order valence-corrected chi connectivity index (χ3v) is 3.63. The van der Waals surface area contributed by atoms with E-state index in [2.05, 4.69) is 0 Å². The molecule has 0 bridgehead atoms. The molecule has 0 saturated heterocycles. The van der Waals surface area contributed by atoms with Crippen LogP contribution in [0.2, 0.25) is 0 Å². The fraction of sp³-hybridized carbons (Fsp3) is 0.250. The Morgan fingerprint density at radius 1 is 0.800 bits per heavy atom. The molecule has 2 aromatic rings. The molecule has 0 aliphatic rings. The summed E-state index contributed by atoms with van der Waals surface area (Å²) in [5, 5.41) is 19.9. The van der Waals surface area contributed by atoms with Gasteiger partial charge in [0.15, 0.2) is 0 Å². The zero-order chi connectivity index (χ0) is 14.9. The second-order valence-electron chi connectivity index (χ2n) is 4.99. The lowest BCUT2D eigenvalue weighted by Crippen LogP contribution is -2.08. The van der Waals surface area contributed by atoms with Gasteiger partial charge in [-0.3, -0.25) is 9.59 Å². The van der Waals surface area contributed by atoms with Crippen LogP contribution in [-0.4, -0.2) is 22.2 Å². The Bertz CT molecular complexity index is 616. The van der Waals surface area contributed by atoms with Crippen molar-refractivity contribution in [1.29, 1.82) is 0 Å². The van der Waals surface area contributed by atoms with Gasteiger partial charge in [0.1, 0.15) is 0 Å². The van der Waals surface area contributed by atoms with Crippen LogP contribution in [0.15, 0.2) is 36.4 Å². The lowest BCUT2D eigenvalue weighted by atomic mass is 9.94. The van der Waals surface area contributed by atoms with Crippen molar-refractivity contribution in [2.45, 2.75) is 25.7 Å². The maximum absolute atomic E-state index is 11.0. The summed E-state index contributed by atoms with van der Waals surface area (Å²) in [5.74, 6) is -2.84. The maximum Gasteiger partial charge on any atom is 0.310 e. The smallest absolute Gasteiger partial charge is 0.310 e. The Morgan fingerprint density at radius 3 is 1.45 bits per heavy atom. The molecule has 2 unspecified atom stereocenters. The summed E-state index contributed by atoms with van der Waals surface area (Å²) in [4.78, 5) is 22.0. The van der Waals surface area contributed by atoms with Gasteiger partial charge in [0.25, 0.3) is 0 Å². The molecule has 0 aromatic heterocycles. The van der Waals surface area contributed by atoms with E-state index in [0.29, 0.717) is 0 Å². The largest absolute Gasteiger partial charge is 0.481 e. The van der Waals surface area contributed by atoms with E-state index in [9.17, 15) is 9.59 Å². The minimum absolute atomic E-state index is 0.558. The summed E-state index contributed by atoms with van der Waals surface area (Å²) < 4.78 is 0. The van der Waals surface area contributed by atoms with Crippen molar-refractivity contribution in [2.24, 2.45) is 0 Å². The summed E-state index contributed by atoms with van der Waals surface area (Å²) in [6, 6.07) is 10.9. The molecule has 4 heteroatoms. The van der Waals surface area contributed by atoms with E-state index in [0.717, 1.165) is 21.9 Å². The molecule has 0 aliphatic carbocycles. The molecule has 0 amide bonds. The zero-order valence-electron chi connectivity index (χ0n) is 11.3. The van der Waals surface area contributed by atoms with Crippen LogP contribution in [0.4, 0.5) is 0 Å². The standard InChI is InChI=1S/C16H16O4/c1-9(15(17)18)11-3-5-14-8-12(10(2)16(19)20)4-6-13(14)7-11/h3-10H,1-2H3,(H,17,18)(H,19,20). The van der Waals surface area contributed by atoms with Crippen LogP contribution in [0.3, 0.4) is 0 Å². The van der Waals surface area contributed by atoms with Crippen LogP contribution in [0.25, 0.3) is 10.8 Å². The first-order chi connectivity index (χ1) is 9.40. The van der Waals surface area contributed by atoms with Gasteiger partial charge in [-0.25, -0.2) is 0 Å². The highest BCUT2D eigenvalue weighted by Crippen LogP contribution is 2.25. The monoisotopic (exact) mass is 272 g/mol. The molecule has 0 saturated carbocycles. The topological polar surface area (TPSA) is 74.6 Å². The van der Waals surface area contributed by atoms with Crippen LogP contribution >= 0.6 is 0 Å². The first-order valence-corrected chi connectivity index (χ1v) is 6.39. The lowest BCUT2D eigenvalue weighted by molar-refractivity contribution is -0.139. The fourth-order valence-corrected chi connectivity index (χ4v) is 2.11. The molecule has 0 fully saturated rings. The van der Waals surface area contributed by atoms with E-state index < -0.39 is 23.8 Å². The first kappa shape index (κ1) is 14.1. The number of rotatable bonds is 4. The van der Waals surface area contributed by atoms with Gasteiger partial charge in [-0.1, -0.05) is 36.4 Å². The summed E-state index contributed by atoms with van der Waals surface area (Å²) in [5.41, 5.74) is 1.48. The number of hydrogen-bond donors (Lipinski definition) is 2.